The number of hydrogen-bond donors (Lipinski definition) is 2. The third kappa shape index (κ3) is 60.7. The number of unbranched alkanes of at least 4 members (excludes halogenated alkanes) is 32. The zero-order valence-corrected chi connectivity index (χ0v) is 70.3. The summed E-state index contributed by atoms with van der Waals surface area (Å²) < 4.78 is 0. The molecule has 9 heteroatoms. The van der Waals surface area contributed by atoms with E-state index in [-0.39, 0.29) is 18.0 Å². The topological polar surface area (TPSA) is 60.6 Å². The third-order valence-corrected chi connectivity index (χ3v) is 22.3. The molecule has 0 aromatic carbocycles. The van der Waals surface area contributed by atoms with Crippen molar-refractivity contribution in [3.05, 3.63) is 97.2 Å². The molecule has 1 amide bonds. The van der Waals surface area contributed by atoms with Crippen molar-refractivity contribution in [1.82, 2.24) is 40.0 Å². The van der Waals surface area contributed by atoms with Crippen molar-refractivity contribution in [2.75, 3.05) is 114 Å². The van der Waals surface area contributed by atoms with Gasteiger partial charge < -0.3 is 25.3 Å². The molecule has 9 nitrogen and oxygen atoms in total. The van der Waals surface area contributed by atoms with Crippen LogP contribution in [-0.4, -0.2) is 173 Å². The second-order valence-electron chi connectivity index (χ2n) is 32.5. The lowest BCUT2D eigenvalue weighted by molar-refractivity contribution is -0.129. The van der Waals surface area contributed by atoms with Crippen LogP contribution in [0.5, 0.6) is 0 Å². The van der Waals surface area contributed by atoms with E-state index in [1.165, 1.54) is 309 Å². The molecule has 0 spiro atoms. The Bertz CT molecular complexity index is 2030. The molecule has 4 atom stereocenters. The molecule has 598 valence electrons. The lowest BCUT2D eigenvalue weighted by Crippen LogP contribution is -2.61. The molecule has 0 bridgehead atoms. The molecule has 4 unspecified atom stereocenters. The number of allylic oxidation sites excluding steroid dienone is 16. The van der Waals surface area contributed by atoms with E-state index in [1.807, 2.05) is 0 Å². The monoisotopic (exact) mass is 1430 g/mol. The van der Waals surface area contributed by atoms with Gasteiger partial charge in [0.25, 0.3) is 0 Å². The summed E-state index contributed by atoms with van der Waals surface area (Å²) in [5.74, 6) is 0.988. The van der Waals surface area contributed by atoms with Crippen LogP contribution in [-0.2, 0) is 4.79 Å². The number of carbonyl (C=O) groups excluding carboxylic acids is 1. The number of amides is 1. The van der Waals surface area contributed by atoms with Crippen LogP contribution in [0.2, 0.25) is 0 Å². The summed E-state index contributed by atoms with van der Waals surface area (Å²) >= 11 is 0. The van der Waals surface area contributed by atoms with Crippen molar-refractivity contribution < 1.29 is 4.79 Å². The maximum atomic E-state index is 14.9. The number of piperazine rings is 2. The van der Waals surface area contributed by atoms with Crippen LogP contribution in [0.25, 0.3) is 0 Å². The zero-order chi connectivity index (χ0) is 74.2. The summed E-state index contributed by atoms with van der Waals surface area (Å²) in [6.07, 6.45) is 103. The van der Waals surface area contributed by atoms with E-state index in [0.29, 0.717) is 18.0 Å². The Morgan fingerprint density at radius 2 is 0.757 bits per heavy atom. The molecular weight excluding hydrogens is 1260 g/mol. The van der Waals surface area contributed by atoms with Crippen LogP contribution in [0.4, 0.5) is 0 Å². The highest BCUT2D eigenvalue weighted by atomic mass is 16.2. The summed E-state index contributed by atoms with van der Waals surface area (Å²) in [5, 5.41) is 7.96. The quantitative estimate of drug-likeness (QED) is 0.0461. The van der Waals surface area contributed by atoms with Gasteiger partial charge in [-0.25, -0.2) is 0 Å². The Balaban J connectivity index is 2.09. The highest BCUT2D eigenvalue weighted by Crippen LogP contribution is 2.23. The molecular formula is C94H176N8O. The molecule has 2 heterocycles. The van der Waals surface area contributed by atoms with Crippen LogP contribution in [0.1, 0.15) is 355 Å². The predicted octanol–water partition coefficient (Wildman–Crippen LogP) is 24.2. The summed E-state index contributed by atoms with van der Waals surface area (Å²) in [5.41, 5.74) is 0. The van der Waals surface area contributed by atoms with Crippen molar-refractivity contribution in [3.8, 4) is 0 Å². The number of likely N-dealkylation sites (N-methyl/N-ethyl adjacent to an activating group) is 4. The van der Waals surface area contributed by atoms with Crippen molar-refractivity contribution >= 4 is 5.91 Å². The first-order valence-electron chi connectivity index (χ1n) is 45.0. The normalized spacial score (nSPS) is 17.5. The van der Waals surface area contributed by atoms with Gasteiger partial charge in [-0.2, -0.15) is 0 Å². The van der Waals surface area contributed by atoms with Crippen molar-refractivity contribution in [3.63, 3.8) is 0 Å². The molecule has 0 aromatic heterocycles. The Hall–Kier alpha value is -2.89. The molecule has 2 fully saturated rings. The number of hydrogen-bond acceptors (Lipinski definition) is 8. The van der Waals surface area contributed by atoms with Gasteiger partial charge in [0.1, 0.15) is 6.04 Å². The highest BCUT2D eigenvalue weighted by Gasteiger charge is 2.33. The fraction of sp³-hybridized carbons (Fsp3) is 0.819. The number of rotatable bonds is 73. The largest absolute Gasteiger partial charge is 0.352 e. The van der Waals surface area contributed by atoms with Crippen LogP contribution in [0, 0.1) is 5.92 Å². The minimum atomic E-state index is -0.103. The molecule has 2 aliphatic heterocycles. The standard InChI is InChI=1S/C94H176N8O/c1-10-14-18-22-26-30-34-37-40-43-46-50-54-58-62-66-73-90(95-85-92-87-99(8)78-80-100(92)9)74-70-69-72-89(71-65-61-57-53-49-33-29-25-21-17-13-4)86-98(7)79-81-101-82-84-102(83-77-97(5)6)93(88-101)94(103)96-91(75-67-63-59-55-51-47-44-41-38-35-31-27-23-19-15-11-2)76-68-64-60-56-52-48-45-42-39-36-32-28-24-20-16-12-3/h26-33,37-42,53,57,89-93,95H,10-25,34-36,43-52,54-56,58-88H2,1-9H3,(H,96,103). The minimum Gasteiger partial charge on any atom is -0.352 e. The highest BCUT2D eigenvalue weighted by molar-refractivity contribution is 5.82. The molecule has 103 heavy (non-hydrogen) atoms. The van der Waals surface area contributed by atoms with E-state index in [1.54, 1.807) is 0 Å². The maximum absolute atomic E-state index is 14.9. The lowest BCUT2D eigenvalue weighted by Gasteiger charge is -2.42. The van der Waals surface area contributed by atoms with Crippen LogP contribution >= 0.6 is 0 Å². The average molecular weight is 1430 g/mol. The summed E-state index contributed by atoms with van der Waals surface area (Å²) in [6, 6.07) is 1.37. The van der Waals surface area contributed by atoms with Crippen LogP contribution in [0.3, 0.4) is 0 Å². The van der Waals surface area contributed by atoms with E-state index in [9.17, 15) is 4.79 Å². The third-order valence-electron chi connectivity index (χ3n) is 22.3. The molecule has 2 aliphatic rings. The molecule has 0 radical (unpaired) electrons. The van der Waals surface area contributed by atoms with E-state index in [4.69, 9.17) is 0 Å². The Kier molecular flexibility index (Phi) is 68.4. The first kappa shape index (κ1) is 96.2. The van der Waals surface area contributed by atoms with Gasteiger partial charge in [-0.05, 0) is 208 Å². The lowest BCUT2D eigenvalue weighted by atomic mass is 9.93. The fourth-order valence-electron chi connectivity index (χ4n) is 15.2. The Morgan fingerprint density at radius 3 is 1.18 bits per heavy atom. The fourth-order valence-corrected chi connectivity index (χ4v) is 15.2. The minimum absolute atomic E-state index is 0.103. The zero-order valence-electron chi connectivity index (χ0n) is 70.3. The second kappa shape index (κ2) is 73.3. The molecule has 0 aliphatic carbocycles. The van der Waals surface area contributed by atoms with Gasteiger partial charge >= 0.3 is 0 Å². The van der Waals surface area contributed by atoms with E-state index in [2.05, 4.69) is 200 Å². The number of nitrogens with one attached hydrogen (secondary N) is 2. The number of carbonyl (C=O) groups is 1. The summed E-state index contributed by atoms with van der Waals surface area (Å²) in [6.45, 7) is 21.8. The van der Waals surface area contributed by atoms with Crippen molar-refractivity contribution in [2.24, 2.45) is 5.92 Å². The predicted molar refractivity (Wildman–Crippen MR) is 460 cm³/mol. The van der Waals surface area contributed by atoms with Gasteiger partial charge in [-0.15, -0.1) is 0 Å². The van der Waals surface area contributed by atoms with E-state index >= 15 is 0 Å². The molecule has 2 rings (SSSR count). The van der Waals surface area contributed by atoms with Gasteiger partial charge in [-0.3, -0.25) is 19.5 Å². The number of nitrogens with zero attached hydrogens (tertiary/aromatic N) is 6. The molecule has 2 N–H and O–H groups in total. The maximum Gasteiger partial charge on any atom is 0.238 e. The van der Waals surface area contributed by atoms with Gasteiger partial charge in [-0.1, -0.05) is 285 Å². The average Bonchev–Trinajstić information content (AvgIpc) is 0.850. The Labute approximate surface area is 643 Å². The SMILES string of the molecule is CCCCCC=CCC=CCCCCCCCCC(CCCCC(CCCC=CCC=CCCCCC)CN(C)CCN1CCN(CCN(C)C)C(C(=O)NC(CCCCCCCCC=CCC=CCCCCC)CCCCCCCCC=CCC=CCCCCC)C1)NCC1CN(C)CCN1C. The first-order chi connectivity index (χ1) is 50.6. The van der Waals surface area contributed by atoms with Gasteiger partial charge in [0.2, 0.25) is 5.91 Å². The van der Waals surface area contributed by atoms with Crippen LogP contribution in [0.15, 0.2) is 97.2 Å². The molecule has 0 aromatic rings. The van der Waals surface area contributed by atoms with Crippen molar-refractivity contribution in [2.45, 2.75) is 379 Å². The van der Waals surface area contributed by atoms with E-state index < -0.39 is 0 Å². The van der Waals surface area contributed by atoms with E-state index in [0.717, 1.165) is 97.4 Å². The summed E-state index contributed by atoms with van der Waals surface area (Å²) in [7, 11) is 11.4. The van der Waals surface area contributed by atoms with Gasteiger partial charge in [0.15, 0.2) is 0 Å². The first-order valence-corrected chi connectivity index (χ1v) is 45.0. The molecule has 2 saturated heterocycles. The molecule has 0 saturated carbocycles. The smallest absolute Gasteiger partial charge is 0.238 e. The summed E-state index contributed by atoms with van der Waals surface area (Å²) in [4.78, 5) is 30.2. The van der Waals surface area contributed by atoms with Gasteiger partial charge in [0.05, 0.1) is 0 Å². The Morgan fingerprint density at radius 1 is 0.388 bits per heavy atom. The van der Waals surface area contributed by atoms with Gasteiger partial charge in [0, 0.05) is 96.7 Å². The second-order valence-corrected chi connectivity index (χ2v) is 32.5. The van der Waals surface area contributed by atoms with Crippen LogP contribution < -0.4 is 10.6 Å². The van der Waals surface area contributed by atoms with Crippen molar-refractivity contribution in [1.29, 1.82) is 0 Å².